The fourth-order valence-corrected chi connectivity index (χ4v) is 0. The molecule has 0 rings (SSSR count). The predicted molar refractivity (Wildman–Crippen MR) is 44.5 cm³/mol. The third-order valence-electron chi connectivity index (χ3n) is 0. The molecule has 0 aliphatic heterocycles. The standard InChI is InChI=1S/H3N.H2O4S.7H2O/c;1-5(2,3)4;;;;;;;/h1H3;(H2,1,2,3,4);7*1H2. The minimum Gasteiger partial charge on any atom is -0.412 e. The van der Waals surface area contributed by atoms with Crippen molar-refractivity contribution < 1.29 is 55.9 Å². The van der Waals surface area contributed by atoms with Gasteiger partial charge >= 0.3 is 10.4 Å². The van der Waals surface area contributed by atoms with Crippen LogP contribution >= 0.6 is 0 Å². The Bertz CT molecular complexity index is 93.3. The van der Waals surface area contributed by atoms with Crippen LogP contribution in [0.15, 0.2) is 0 Å². The first-order valence-corrected chi connectivity index (χ1v) is 2.10. The topological polar surface area (TPSA) is 330 Å². The van der Waals surface area contributed by atoms with E-state index >= 15 is 0 Å². The van der Waals surface area contributed by atoms with E-state index in [0.29, 0.717) is 0 Å². The van der Waals surface area contributed by atoms with Crippen LogP contribution in [0.5, 0.6) is 0 Å². The van der Waals surface area contributed by atoms with Crippen LogP contribution in [-0.2, 0) is 10.4 Å². The quantitative estimate of drug-likeness (QED) is 0.347. The van der Waals surface area contributed by atoms with E-state index in [1.807, 2.05) is 0 Å². The van der Waals surface area contributed by atoms with Crippen LogP contribution in [0.25, 0.3) is 0 Å². The predicted octanol–water partition coefficient (Wildman–Crippen LogP) is -6.26. The van der Waals surface area contributed by atoms with Gasteiger partial charge in [0.1, 0.15) is 0 Å². The van der Waals surface area contributed by atoms with Gasteiger partial charge in [-0.1, -0.05) is 0 Å². The monoisotopic (exact) mass is 241 g/mol. The second-order valence-corrected chi connectivity index (χ2v) is 1.34. The zero-order chi connectivity index (χ0) is 4.50. The first kappa shape index (κ1) is 133. The van der Waals surface area contributed by atoms with Gasteiger partial charge in [0.05, 0.1) is 0 Å². The maximum Gasteiger partial charge on any atom is 0.394 e. The number of hydrogen-bond donors (Lipinski definition) is 3. The van der Waals surface area contributed by atoms with Crippen molar-refractivity contribution >= 4 is 10.4 Å². The largest absolute Gasteiger partial charge is 0.412 e. The lowest BCUT2D eigenvalue weighted by Gasteiger charge is -1.68. The Morgan fingerprint density at radius 3 is 0.615 bits per heavy atom. The van der Waals surface area contributed by atoms with Gasteiger partial charge in [-0.3, -0.25) is 9.11 Å². The van der Waals surface area contributed by atoms with Crippen LogP contribution in [0, 0.1) is 0 Å². The molecule has 0 radical (unpaired) electrons. The highest BCUT2D eigenvalue weighted by Gasteiger charge is 1.84. The summed E-state index contributed by atoms with van der Waals surface area (Å²) in [5.41, 5.74) is 0. The fourth-order valence-electron chi connectivity index (χ4n) is 0. The first-order valence-electron chi connectivity index (χ1n) is 0.698. The van der Waals surface area contributed by atoms with Crippen LogP contribution in [0.2, 0.25) is 0 Å². The van der Waals surface area contributed by atoms with Crippen LogP contribution in [-0.4, -0.2) is 55.9 Å². The average Bonchev–Trinajstić information content (AvgIpc) is 0.722. The highest BCUT2D eigenvalue weighted by Crippen LogP contribution is 1.59. The van der Waals surface area contributed by atoms with E-state index < -0.39 is 10.4 Å². The van der Waals surface area contributed by atoms with Gasteiger partial charge in [0.25, 0.3) is 0 Å². The molecule has 0 amide bonds. The molecule has 0 aromatic carbocycles. The Morgan fingerprint density at radius 2 is 0.615 bits per heavy atom. The highest BCUT2D eigenvalue weighted by molar-refractivity contribution is 7.79. The molecule has 96 valence electrons. The molecule has 0 unspecified atom stereocenters. The van der Waals surface area contributed by atoms with E-state index in [1.54, 1.807) is 0 Å². The highest BCUT2D eigenvalue weighted by atomic mass is 32.3. The van der Waals surface area contributed by atoms with Crippen molar-refractivity contribution in [3.05, 3.63) is 0 Å². The van der Waals surface area contributed by atoms with Gasteiger partial charge in [0.2, 0.25) is 0 Å². The molecule has 13 heteroatoms. The summed E-state index contributed by atoms with van der Waals surface area (Å²) in [5.74, 6) is 0. The lowest BCUT2D eigenvalue weighted by molar-refractivity contribution is 0.381. The molecule has 0 aromatic heterocycles. The molecule has 12 nitrogen and oxygen atoms in total. The van der Waals surface area contributed by atoms with E-state index in [-0.39, 0.29) is 44.5 Å². The normalized spacial score (nSPS) is 4.46. The second-order valence-electron chi connectivity index (χ2n) is 0.448. The van der Waals surface area contributed by atoms with E-state index in [2.05, 4.69) is 0 Å². The molecule has 0 atom stereocenters. The van der Waals surface area contributed by atoms with Gasteiger partial charge in [0, 0.05) is 0 Å². The van der Waals surface area contributed by atoms with Crippen molar-refractivity contribution in [2.75, 3.05) is 0 Å². The van der Waals surface area contributed by atoms with E-state index in [9.17, 15) is 0 Å². The van der Waals surface area contributed by atoms with Crippen molar-refractivity contribution in [1.82, 2.24) is 6.15 Å². The maximum atomic E-state index is 8.74. The summed E-state index contributed by atoms with van der Waals surface area (Å²) in [6.45, 7) is 0. The first-order chi connectivity index (χ1) is 2.00. The molecule has 0 saturated carbocycles. The molecule has 13 heavy (non-hydrogen) atoms. The Balaban J connectivity index is -0.00000000286. The SMILES string of the molecule is N.O.O.O.O.O.O.O.O=S(=O)(O)O. The maximum absolute atomic E-state index is 8.74. The van der Waals surface area contributed by atoms with E-state index in [0.717, 1.165) is 0 Å². The third kappa shape index (κ3) is 5200. The zero-order valence-corrected chi connectivity index (χ0v) is 7.14. The number of rotatable bonds is 0. The van der Waals surface area contributed by atoms with Gasteiger partial charge in [-0.25, -0.2) is 0 Å². The van der Waals surface area contributed by atoms with Crippen LogP contribution in [0.1, 0.15) is 0 Å². The molecule has 19 N–H and O–H groups in total. The van der Waals surface area contributed by atoms with Gasteiger partial charge in [0.15, 0.2) is 0 Å². The minimum absolute atomic E-state index is 0. The minimum atomic E-state index is -4.67. The smallest absolute Gasteiger partial charge is 0.394 e. The zero-order valence-electron chi connectivity index (χ0n) is 6.33. The van der Waals surface area contributed by atoms with Crippen LogP contribution in [0.4, 0.5) is 0 Å². The third-order valence-corrected chi connectivity index (χ3v) is 0. The lowest BCUT2D eigenvalue weighted by atomic mass is 14.0. The van der Waals surface area contributed by atoms with Gasteiger partial charge in [-0.2, -0.15) is 8.42 Å². The summed E-state index contributed by atoms with van der Waals surface area (Å²) in [7, 11) is -4.67. The summed E-state index contributed by atoms with van der Waals surface area (Å²) in [4.78, 5) is 0. The van der Waals surface area contributed by atoms with Crippen molar-refractivity contribution in [1.29, 1.82) is 0 Å². The lowest BCUT2D eigenvalue weighted by Crippen LogP contribution is -1.89. The molecule has 0 heterocycles. The van der Waals surface area contributed by atoms with Crippen molar-refractivity contribution in [3.63, 3.8) is 0 Å². The summed E-state index contributed by atoms with van der Waals surface area (Å²) < 4.78 is 31.6. The number of hydrogen-bond acceptors (Lipinski definition) is 3. The summed E-state index contributed by atoms with van der Waals surface area (Å²) in [5, 5.41) is 0. The summed E-state index contributed by atoms with van der Waals surface area (Å²) >= 11 is 0. The molecule has 0 saturated heterocycles. The summed E-state index contributed by atoms with van der Waals surface area (Å²) in [6, 6.07) is 0. The van der Waals surface area contributed by atoms with Crippen LogP contribution in [0.3, 0.4) is 0 Å². The average molecular weight is 241 g/mol. The van der Waals surface area contributed by atoms with Crippen molar-refractivity contribution in [2.24, 2.45) is 0 Å². The van der Waals surface area contributed by atoms with E-state index in [1.165, 1.54) is 0 Å². The molecule has 0 aliphatic carbocycles. The molecule has 0 spiro atoms. The Hall–Kier alpha value is -0.450. The fraction of sp³-hybridized carbons (Fsp3) is 0. The molecule has 0 aliphatic rings. The second kappa shape index (κ2) is 41.7. The summed E-state index contributed by atoms with van der Waals surface area (Å²) in [6.07, 6.45) is 0. The molecular weight excluding hydrogens is 222 g/mol. The van der Waals surface area contributed by atoms with Gasteiger partial charge < -0.3 is 44.5 Å². The molecule has 0 fully saturated rings. The Morgan fingerprint density at radius 1 is 0.615 bits per heavy atom. The molecule has 0 bridgehead atoms. The van der Waals surface area contributed by atoms with Gasteiger partial charge in [-0.05, 0) is 0 Å². The van der Waals surface area contributed by atoms with Crippen molar-refractivity contribution in [2.45, 2.75) is 0 Å². The molecule has 0 aromatic rings. The van der Waals surface area contributed by atoms with E-state index in [4.69, 9.17) is 17.5 Å². The Labute approximate surface area is 73.5 Å². The Kier molecular flexibility index (Phi) is 426. The van der Waals surface area contributed by atoms with Crippen molar-refractivity contribution in [3.8, 4) is 0 Å². The van der Waals surface area contributed by atoms with Gasteiger partial charge in [-0.15, -0.1) is 0 Å². The van der Waals surface area contributed by atoms with Crippen LogP contribution < -0.4 is 6.15 Å². The molecular formula is H19NO11S.